The Morgan fingerprint density at radius 2 is 1.61 bits per heavy atom. The molecule has 23 heavy (non-hydrogen) atoms. The number of nitrogens with one attached hydrogen (secondary N) is 1. The first-order valence-corrected chi connectivity index (χ1v) is 7.53. The van der Waals surface area contributed by atoms with Crippen molar-refractivity contribution in [2.75, 3.05) is 34.5 Å². The molecule has 5 heteroatoms. The summed E-state index contributed by atoms with van der Waals surface area (Å²) in [5.74, 6) is 2.98. The average molecular weight is 315 g/mol. The standard InChI is InChI=1S/C18H21NO4/c1-20-15-5-4-12(9-16(15)21-2)13-8-14-11-19-6-7-23-18(14)17(10-13)22-3/h4-5,8-10,19H,6-7,11H2,1-3H3. The number of fused-ring (bicyclic) bond motifs is 1. The molecule has 1 N–H and O–H groups in total. The SMILES string of the molecule is COc1ccc(-c2cc3c(c(OC)c2)OCCNC3)cc1OC. The zero-order valence-electron chi connectivity index (χ0n) is 13.6. The van der Waals surface area contributed by atoms with Crippen molar-refractivity contribution in [3.8, 4) is 34.1 Å². The molecule has 0 aromatic heterocycles. The van der Waals surface area contributed by atoms with Gasteiger partial charge in [-0.3, -0.25) is 0 Å². The van der Waals surface area contributed by atoms with E-state index < -0.39 is 0 Å². The lowest BCUT2D eigenvalue weighted by Gasteiger charge is -2.15. The minimum absolute atomic E-state index is 0.638. The van der Waals surface area contributed by atoms with Crippen LogP contribution in [-0.4, -0.2) is 34.5 Å². The summed E-state index contributed by atoms with van der Waals surface area (Å²) >= 11 is 0. The molecule has 3 rings (SSSR count). The molecular weight excluding hydrogens is 294 g/mol. The predicted octanol–water partition coefficient (Wildman–Crippen LogP) is 2.86. The molecule has 0 bridgehead atoms. The van der Waals surface area contributed by atoms with Gasteiger partial charge in [0.2, 0.25) is 0 Å². The van der Waals surface area contributed by atoms with E-state index in [2.05, 4.69) is 11.4 Å². The summed E-state index contributed by atoms with van der Waals surface area (Å²) in [6, 6.07) is 9.99. The van der Waals surface area contributed by atoms with Crippen LogP contribution in [0.3, 0.4) is 0 Å². The van der Waals surface area contributed by atoms with Crippen LogP contribution < -0.4 is 24.3 Å². The van der Waals surface area contributed by atoms with Crippen LogP contribution in [0.5, 0.6) is 23.0 Å². The molecule has 1 heterocycles. The Labute approximate surface area is 136 Å². The van der Waals surface area contributed by atoms with E-state index >= 15 is 0 Å². The van der Waals surface area contributed by atoms with Crippen molar-refractivity contribution in [3.63, 3.8) is 0 Å². The molecule has 0 spiro atoms. The molecule has 0 amide bonds. The summed E-state index contributed by atoms with van der Waals surface area (Å²) in [6.07, 6.45) is 0. The molecule has 0 aliphatic carbocycles. The van der Waals surface area contributed by atoms with Gasteiger partial charge in [0.25, 0.3) is 0 Å². The third kappa shape index (κ3) is 3.05. The molecule has 2 aromatic rings. The topological polar surface area (TPSA) is 49.0 Å². The highest BCUT2D eigenvalue weighted by Crippen LogP contribution is 2.39. The van der Waals surface area contributed by atoms with E-state index in [0.29, 0.717) is 18.1 Å². The van der Waals surface area contributed by atoms with Gasteiger partial charge in [-0.05, 0) is 35.4 Å². The van der Waals surface area contributed by atoms with Crippen LogP contribution >= 0.6 is 0 Å². The Morgan fingerprint density at radius 3 is 2.35 bits per heavy atom. The lowest BCUT2D eigenvalue weighted by molar-refractivity contribution is 0.302. The van der Waals surface area contributed by atoms with E-state index in [1.807, 2.05) is 24.3 Å². The molecule has 0 atom stereocenters. The van der Waals surface area contributed by atoms with E-state index in [-0.39, 0.29) is 0 Å². The highest BCUT2D eigenvalue weighted by Gasteiger charge is 2.17. The molecule has 1 aliphatic heterocycles. The number of methoxy groups -OCH3 is 3. The van der Waals surface area contributed by atoms with Crippen molar-refractivity contribution in [1.82, 2.24) is 5.32 Å². The number of ether oxygens (including phenoxy) is 4. The summed E-state index contributed by atoms with van der Waals surface area (Å²) in [4.78, 5) is 0. The Morgan fingerprint density at radius 1 is 0.870 bits per heavy atom. The van der Waals surface area contributed by atoms with E-state index in [1.54, 1.807) is 21.3 Å². The van der Waals surface area contributed by atoms with E-state index in [1.165, 1.54) is 0 Å². The van der Waals surface area contributed by atoms with Gasteiger partial charge in [-0.1, -0.05) is 6.07 Å². The van der Waals surface area contributed by atoms with Gasteiger partial charge in [0.15, 0.2) is 23.0 Å². The van der Waals surface area contributed by atoms with Crippen molar-refractivity contribution in [3.05, 3.63) is 35.9 Å². The van der Waals surface area contributed by atoms with Gasteiger partial charge in [-0.15, -0.1) is 0 Å². The molecule has 0 saturated carbocycles. The number of hydrogen-bond donors (Lipinski definition) is 1. The summed E-state index contributed by atoms with van der Waals surface area (Å²) < 4.78 is 22.0. The maximum absolute atomic E-state index is 5.81. The molecule has 0 fully saturated rings. The number of benzene rings is 2. The monoisotopic (exact) mass is 315 g/mol. The second-order valence-corrected chi connectivity index (χ2v) is 5.26. The fourth-order valence-corrected chi connectivity index (χ4v) is 2.74. The third-order valence-electron chi connectivity index (χ3n) is 3.91. The Bertz CT molecular complexity index is 700. The van der Waals surface area contributed by atoms with Crippen LogP contribution in [0, 0.1) is 0 Å². The maximum Gasteiger partial charge on any atom is 0.165 e. The fourth-order valence-electron chi connectivity index (χ4n) is 2.74. The van der Waals surface area contributed by atoms with Crippen molar-refractivity contribution in [2.24, 2.45) is 0 Å². The van der Waals surface area contributed by atoms with E-state index in [4.69, 9.17) is 18.9 Å². The lowest BCUT2D eigenvalue weighted by Crippen LogP contribution is -2.16. The van der Waals surface area contributed by atoms with Crippen LogP contribution in [-0.2, 0) is 6.54 Å². The highest BCUT2D eigenvalue weighted by atomic mass is 16.5. The van der Waals surface area contributed by atoms with Crippen LogP contribution in [0.15, 0.2) is 30.3 Å². The Hall–Kier alpha value is -2.40. The molecule has 0 radical (unpaired) electrons. The normalized spacial score (nSPS) is 13.5. The molecular formula is C18H21NO4. The van der Waals surface area contributed by atoms with Gasteiger partial charge in [-0.25, -0.2) is 0 Å². The summed E-state index contributed by atoms with van der Waals surface area (Å²) in [6.45, 7) is 2.22. The van der Waals surface area contributed by atoms with Gasteiger partial charge < -0.3 is 24.3 Å². The van der Waals surface area contributed by atoms with Crippen LogP contribution in [0.25, 0.3) is 11.1 Å². The Balaban J connectivity index is 2.08. The van der Waals surface area contributed by atoms with E-state index in [0.717, 1.165) is 41.3 Å². The molecule has 2 aromatic carbocycles. The summed E-state index contributed by atoms with van der Waals surface area (Å²) in [5, 5.41) is 3.35. The lowest BCUT2D eigenvalue weighted by atomic mass is 10.0. The van der Waals surface area contributed by atoms with Gasteiger partial charge in [0, 0.05) is 18.7 Å². The quantitative estimate of drug-likeness (QED) is 0.940. The Kier molecular flexibility index (Phi) is 4.57. The zero-order valence-corrected chi connectivity index (χ0v) is 13.6. The van der Waals surface area contributed by atoms with E-state index in [9.17, 15) is 0 Å². The van der Waals surface area contributed by atoms with Gasteiger partial charge >= 0.3 is 0 Å². The highest BCUT2D eigenvalue weighted by molar-refractivity contribution is 5.71. The second kappa shape index (κ2) is 6.79. The number of rotatable bonds is 4. The summed E-state index contributed by atoms with van der Waals surface area (Å²) in [7, 11) is 4.93. The maximum atomic E-state index is 5.81. The molecule has 0 unspecified atom stereocenters. The first kappa shape index (κ1) is 15.5. The summed E-state index contributed by atoms with van der Waals surface area (Å²) in [5.41, 5.74) is 3.17. The van der Waals surface area contributed by atoms with Crippen LogP contribution in [0.1, 0.15) is 5.56 Å². The van der Waals surface area contributed by atoms with Crippen LogP contribution in [0.2, 0.25) is 0 Å². The first-order chi connectivity index (χ1) is 11.3. The van der Waals surface area contributed by atoms with Crippen LogP contribution in [0.4, 0.5) is 0 Å². The molecule has 1 aliphatic rings. The largest absolute Gasteiger partial charge is 0.493 e. The van der Waals surface area contributed by atoms with Crippen molar-refractivity contribution >= 4 is 0 Å². The third-order valence-corrected chi connectivity index (χ3v) is 3.91. The number of hydrogen-bond acceptors (Lipinski definition) is 5. The second-order valence-electron chi connectivity index (χ2n) is 5.26. The fraction of sp³-hybridized carbons (Fsp3) is 0.333. The predicted molar refractivity (Wildman–Crippen MR) is 88.7 cm³/mol. The minimum atomic E-state index is 0.638. The molecule has 122 valence electrons. The molecule has 5 nitrogen and oxygen atoms in total. The van der Waals surface area contributed by atoms with Crippen molar-refractivity contribution in [1.29, 1.82) is 0 Å². The average Bonchev–Trinajstić information content (AvgIpc) is 2.85. The van der Waals surface area contributed by atoms with Crippen molar-refractivity contribution < 1.29 is 18.9 Å². The first-order valence-electron chi connectivity index (χ1n) is 7.53. The van der Waals surface area contributed by atoms with Gasteiger partial charge in [0.1, 0.15) is 6.61 Å². The van der Waals surface area contributed by atoms with Gasteiger partial charge in [-0.2, -0.15) is 0 Å². The smallest absolute Gasteiger partial charge is 0.165 e. The molecule has 0 saturated heterocycles. The minimum Gasteiger partial charge on any atom is -0.493 e. The van der Waals surface area contributed by atoms with Crippen molar-refractivity contribution in [2.45, 2.75) is 6.54 Å². The van der Waals surface area contributed by atoms with Gasteiger partial charge in [0.05, 0.1) is 21.3 Å². The zero-order chi connectivity index (χ0) is 16.2.